The molecule has 1 aliphatic heterocycles. The Morgan fingerprint density at radius 2 is 2.23 bits per heavy atom. The number of hydrogen-bond acceptors (Lipinski definition) is 4. The average molecular weight is 498 g/mol. The average Bonchev–Trinajstić information content (AvgIpc) is 3.14. The van der Waals surface area contributed by atoms with E-state index >= 15 is 0 Å². The topological polar surface area (TPSA) is 64.1 Å². The number of nitrogens with one attached hydrogen (secondary N) is 2. The number of rotatable bonds is 9. The Kier molecular flexibility index (Phi) is 12.0. The maximum atomic E-state index is 5.98. The Morgan fingerprint density at radius 3 is 2.92 bits per heavy atom. The molecule has 0 saturated carbocycles. The van der Waals surface area contributed by atoms with E-state index in [9.17, 15) is 0 Å². The first kappa shape index (κ1) is 23.3. The minimum Gasteiger partial charge on any atom is -0.496 e. The predicted octanol–water partition coefficient (Wildman–Crippen LogP) is 3.22. The van der Waals surface area contributed by atoms with Crippen molar-refractivity contribution in [2.45, 2.75) is 31.9 Å². The van der Waals surface area contributed by atoms with Crippen LogP contribution in [0.1, 0.15) is 24.8 Å². The largest absolute Gasteiger partial charge is 0.496 e. The van der Waals surface area contributed by atoms with Gasteiger partial charge in [-0.3, -0.25) is 4.99 Å². The molecule has 1 fully saturated rings. The standard InChI is InChI=1S/C18H28ClN3O3.HI/c1-20-18(21-8-4-9-24-13-16-5-3-10-25-16)22-12-14-6-7-15(19)11-17(14)23-2;/h6-7,11,16H,3-5,8-10,12-13H2,1-2H3,(H2,20,21,22);1H. The molecule has 2 N–H and O–H groups in total. The SMILES string of the molecule is CN=C(NCCCOCC1CCCO1)NCc1ccc(Cl)cc1OC.I. The number of benzene rings is 1. The first-order valence-electron chi connectivity index (χ1n) is 8.69. The molecule has 2 rings (SSSR count). The van der Waals surface area contributed by atoms with Gasteiger partial charge in [-0.2, -0.15) is 0 Å². The molecular weight excluding hydrogens is 469 g/mol. The zero-order chi connectivity index (χ0) is 17.9. The lowest BCUT2D eigenvalue weighted by atomic mass is 10.2. The fourth-order valence-corrected chi connectivity index (χ4v) is 2.80. The van der Waals surface area contributed by atoms with E-state index in [1.165, 1.54) is 0 Å². The van der Waals surface area contributed by atoms with E-state index in [0.717, 1.165) is 56.3 Å². The minimum atomic E-state index is 0. The number of halogens is 2. The second kappa shape index (κ2) is 13.4. The predicted molar refractivity (Wildman–Crippen MR) is 116 cm³/mol. The van der Waals surface area contributed by atoms with Gasteiger partial charge in [0.1, 0.15) is 5.75 Å². The summed E-state index contributed by atoms with van der Waals surface area (Å²) in [6, 6.07) is 5.60. The number of ether oxygens (including phenoxy) is 3. The molecule has 1 unspecified atom stereocenters. The summed E-state index contributed by atoms with van der Waals surface area (Å²) >= 11 is 5.98. The molecule has 8 heteroatoms. The number of hydrogen-bond donors (Lipinski definition) is 2. The zero-order valence-electron chi connectivity index (χ0n) is 15.4. The van der Waals surface area contributed by atoms with Crippen LogP contribution in [0.5, 0.6) is 5.75 Å². The van der Waals surface area contributed by atoms with Crippen LogP contribution in [-0.4, -0.2) is 52.6 Å². The smallest absolute Gasteiger partial charge is 0.191 e. The molecule has 1 heterocycles. The summed E-state index contributed by atoms with van der Waals surface area (Å²) in [6.45, 7) is 3.69. The normalized spacial score (nSPS) is 16.9. The highest BCUT2D eigenvalue weighted by molar-refractivity contribution is 14.0. The lowest BCUT2D eigenvalue weighted by molar-refractivity contribution is 0.0168. The van der Waals surface area contributed by atoms with Crippen molar-refractivity contribution in [1.82, 2.24) is 10.6 Å². The molecule has 0 amide bonds. The van der Waals surface area contributed by atoms with Gasteiger partial charge in [-0.25, -0.2) is 0 Å². The number of guanidine groups is 1. The summed E-state index contributed by atoms with van der Waals surface area (Å²) in [6.07, 6.45) is 3.47. The van der Waals surface area contributed by atoms with Crippen molar-refractivity contribution >= 4 is 41.5 Å². The zero-order valence-corrected chi connectivity index (χ0v) is 18.5. The van der Waals surface area contributed by atoms with Crippen LogP contribution < -0.4 is 15.4 Å². The van der Waals surface area contributed by atoms with E-state index in [0.29, 0.717) is 18.2 Å². The summed E-state index contributed by atoms with van der Waals surface area (Å²) in [5.41, 5.74) is 1.02. The highest BCUT2D eigenvalue weighted by Crippen LogP contribution is 2.22. The van der Waals surface area contributed by atoms with Crippen molar-refractivity contribution in [2.75, 3.05) is 40.5 Å². The molecular formula is C18H29ClIN3O3. The molecule has 0 aromatic heterocycles. The van der Waals surface area contributed by atoms with Crippen LogP contribution in [0.25, 0.3) is 0 Å². The maximum Gasteiger partial charge on any atom is 0.191 e. The van der Waals surface area contributed by atoms with Crippen molar-refractivity contribution in [3.63, 3.8) is 0 Å². The van der Waals surface area contributed by atoms with Crippen LogP contribution in [-0.2, 0) is 16.0 Å². The molecule has 0 spiro atoms. The summed E-state index contributed by atoms with van der Waals surface area (Å²) < 4.78 is 16.5. The van der Waals surface area contributed by atoms with Crippen LogP contribution in [0.15, 0.2) is 23.2 Å². The Hall–Kier alpha value is -0.770. The molecule has 1 aliphatic rings. The van der Waals surface area contributed by atoms with Crippen LogP contribution in [0.3, 0.4) is 0 Å². The van der Waals surface area contributed by atoms with Gasteiger partial charge in [0, 0.05) is 43.9 Å². The van der Waals surface area contributed by atoms with Gasteiger partial charge in [0.25, 0.3) is 0 Å². The molecule has 6 nitrogen and oxygen atoms in total. The van der Waals surface area contributed by atoms with Crippen molar-refractivity contribution in [1.29, 1.82) is 0 Å². The van der Waals surface area contributed by atoms with Crippen LogP contribution >= 0.6 is 35.6 Å². The van der Waals surface area contributed by atoms with E-state index < -0.39 is 0 Å². The number of nitrogens with zero attached hydrogens (tertiary/aromatic N) is 1. The fraction of sp³-hybridized carbons (Fsp3) is 0.611. The van der Waals surface area contributed by atoms with Crippen LogP contribution in [0.4, 0.5) is 0 Å². The highest BCUT2D eigenvalue weighted by Gasteiger charge is 2.14. The highest BCUT2D eigenvalue weighted by atomic mass is 127. The lowest BCUT2D eigenvalue weighted by Gasteiger charge is -2.14. The summed E-state index contributed by atoms with van der Waals surface area (Å²) in [4.78, 5) is 4.22. The van der Waals surface area contributed by atoms with Gasteiger partial charge in [-0.15, -0.1) is 24.0 Å². The van der Waals surface area contributed by atoms with Gasteiger partial charge >= 0.3 is 0 Å². The Labute approximate surface area is 178 Å². The molecule has 26 heavy (non-hydrogen) atoms. The molecule has 1 aromatic rings. The molecule has 0 bridgehead atoms. The third kappa shape index (κ3) is 8.28. The third-order valence-electron chi connectivity index (χ3n) is 4.00. The second-order valence-electron chi connectivity index (χ2n) is 5.87. The quantitative estimate of drug-likeness (QED) is 0.237. The van der Waals surface area contributed by atoms with E-state index in [-0.39, 0.29) is 30.1 Å². The Balaban J connectivity index is 0.00000338. The number of methoxy groups -OCH3 is 1. The van der Waals surface area contributed by atoms with Gasteiger partial charge in [0.05, 0.1) is 19.8 Å². The van der Waals surface area contributed by atoms with Gasteiger partial charge in [0.15, 0.2) is 5.96 Å². The van der Waals surface area contributed by atoms with Gasteiger partial charge < -0.3 is 24.8 Å². The maximum absolute atomic E-state index is 5.98. The van der Waals surface area contributed by atoms with E-state index in [1.54, 1.807) is 20.2 Å². The van der Waals surface area contributed by atoms with Crippen molar-refractivity contribution in [3.8, 4) is 5.75 Å². The van der Waals surface area contributed by atoms with Gasteiger partial charge in [-0.1, -0.05) is 17.7 Å². The first-order valence-corrected chi connectivity index (χ1v) is 9.07. The lowest BCUT2D eigenvalue weighted by Crippen LogP contribution is -2.37. The Morgan fingerprint density at radius 1 is 1.38 bits per heavy atom. The summed E-state index contributed by atoms with van der Waals surface area (Å²) in [5.74, 6) is 1.51. The van der Waals surface area contributed by atoms with E-state index in [4.69, 9.17) is 25.8 Å². The third-order valence-corrected chi connectivity index (χ3v) is 4.24. The molecule has 1 aromatic carbocycles. The van der Waals surface area contributed by atoms with Crippen LogP contribution in [0, 0.1) is 0 Å². The van der Waals surface area contributed by atoms with Gasteiger partial charge in [0.2, 0.25) is 0 Å². The monoisotopic (exact) mass is 497 g/mol. The summed E-state index contributed by atoms with van der Waals surface area (Å²) in [5, 5.41) is 7.21. The fourth-order valence-electron chi connectivity index (χ4n) is 2.64. The molecule has 0 aliphatic carbocycles. The van der Waals surface area contributed by atoms with Crippen molar-refractivity contribution < 1.29 is 14.2 Å². The summed E-state index contributed by atoms with van der Waals surface area (Å²) in [7, 11) is 3.39. The molecule has 1 atom stereocenters. The van der Waals surface area contributed by atoms with Crippen LogP contribution in [0.2, 0.25) is 5.02 Å². The van der Waals surface area contributed by atoms with E-state index in [2.05, 4.69) is 15.6 Å². The molecule has 148 valence electrons. The minimum absolute atomic E-state index is 0. The second-order valence-corrected chi connectivity index (χ2v) is 6.31. The van der Waals surface area contributed by atoms with E-state index in [1.807, 2.05) is 12.1 Å². The number of aliphatic imine (C=N–C) groups is 1. The molecule has 1 saturated heterocycles. The van der Waals surface area contributed by atoms with Gasteiger partial charge in [-0.05, 0) is 31.4 Å². The Bertz CT molecular complexity index is 554. The first-order chi connectivity index (χ1) is 12.2. The van der Waals surface area contributed by atoms with Crippen molar-refractivity contribution in [3.05, 3.63) is 28.8 Å². The molecule has 0 radical (unpaired) electrons. The van der Waals surface area contributed by atoms with Crippen molar-refractivity contribution in [2.24, 2.45) is 4.99 Å².